The first-order valence-corrected chi connectivity index (χ1v) is 8.98. The van der Waals surface area contributed by atoms with E-state index >= 15 is 0 Å². The fraction of sp³-hybridized carbons (Fsp3) is 0.167. The van der Waals surface area contributed by atoms with E-state index in [2.05, 4.69) is 31.5 Å². The van der Waals surface area contributed by atoms with E-state index in [-0.39, 0.29) is 18.0 Å². The molecule has 3 N–H and O–H groups in total. The van der Waals surface area contributed by atoms with Gasteiger partial charge in [0, 0.05) is 22.4 Å². The number of carbonyl (C=O) groups is 2. The molecule has 142 valence electrons. The molecule has 2 aromatic carbocycles. The second kappa shape index (κ2) is 7.65. The largest absolute Gasteiger partial charge is 0.335 e. The van der Waals surface area contributed by atoms with Crippen molar-refractivity contribution in [2.45, 2.75) is 18.9 Å². The zero-order valence-electron chi connectivity index (χ0n) is 14.6. The van der Waals surface area contributed by atoms with Gasteiger partial charge in [-0.05, 0) is 65.7 Å². The van der Waals surface area contributed by atoms with Gasteiger partial charge in [0.15, 0.2) is 0 Å². The lowest BCUT2D eigenvalue weighted by Crippen LogP contribution is -2.30. The fourth-order valence-electron chi connectivity index (χ4n) is 2.58. The monoisotopic (exact) mass is 397 g/mol. The molecule has 0 saturated heterocycles. The number of nitrogens with zero attached hydrogens (tertiary/aromatic N) is 4. The zero-order valence-corrected chi connectivity index (χ0v) is 15.3. The highest BCUT2D eigenvalue weighted by Gasteiger charge is 2.23. The molecule has 28 heavy (non-hydrogen) atoms. The summed E-state index contributed by atoms with van der Waals surface area (Å²) in [5.74, 6) is -0.361. The number of hydrogen-bond donors (Lipinski definition) is 3. The van der Waals surface area contributed by atoms with E-state index in [9.17, 15) is 9.59 Å². The summed E-state index contributed by atoms with van der Waals surface area (Å²) < 4.78 is 1.39. The molecule has 1 aliphatic rings. The average Bonchev–Trinajstić information content (AvgIpc) is 3.32. The van der Waals surface area contributed by atoms with E-state index in [0.717, 1.165) is 12.8 Å². The number of hydrogen-bond acceptors (Lipinski definition) is 5. The molecule has 0 radical (unpaired) electrons. The molecule has 0 bridgehead atoms. The highest BCUT2D eigenvalue weighted by Crippen LogP contribution is 2.22. The van der Waals surface area contributed by atoms with Crippen LogP contribution in [0.4, 0.5) is 16.2 Å². The quantitative estimate of drug-likeness (QED) is 0.612. The molecule has 0 aliphatic heterocycles. The summed E-state index contributed by atoms with van der Waals surface area (Å²) >= 11 is 6.05. The first-order valence-electron chi connectivity index (χ1n) is 8.60. The molecule has 10 heteroatoms. The number of carbonyl (C=O) groups excluding carboxylic acids is 2. The van der Waals surface area contributed by atoms with Crippen LogP contribution in [0.3, 0.4) is 0 Å². The highest BCUT2D eigenvalue weighted by molar-refractivity contribution is 6.31. The number of rotatable bonds is 5. The summed E-state index contributed by atoms with van der Waals surface area (Å²) in [6.07, 6.45) is 3.44. The van der Waals surface area contributed by atoms with Crippen LogP contribution in [0.2, 0.25) is 5.02 Å². The Morgan fingerprint density at radius 2 is 1.75 bits per heavy atom. The van der Waals surface area contributed by atoms with Crippen molar-refractivity contribution in [1.82, 2.24) is 25.5 Å². The second-order valence-electron chi connectivity index (χ2n) is 6.32. The van der Waals surface area contributed by atoms with E-state index in [4.69, 9.17) is 11.6 Å². The summed E-state index contributed by atoms with van der Waals surface area (Å²) in [7, 11) is 0. The number of halogens is 1. The minimum Gasteiger partial charge on any atom is -0.335 e. The van der Waals surface area contributed by atoms with Crippen LogP contribution in [0.25, 0.3) is 5.69 Å². The lowest BCUT2D eigenvalue weighted by atomic mass is 10.1. The number of aromatic nitrogens is 4. The van der Waals surface area contributed by atoms with E-state index in [1.807, 2.05) is 0 Å². The molecule has 9 nitrogen and oxygen atoms in total. The van der Waals surface area contributed by atoms with E-state index in [1.165, 1.54) is 11.0 Å². The summed E-state index contributed by atoms with van der Waals surface area (Å²) in [6.45, 7) is 0. The SMILES string of the molecule is O=C(Nc1ccc(NC(=O)c2cc(Cl)ccc2-n2cnnn2)cc1)NC1CC1. The van der Waals surface area contributed by atoms with Crippen molar-refractivity contribution in [3.8, 4) is 5.69 Å². The Labute approximate surface area is 165 Å². The van der Waals surface area contributed by atoms with Crippen molar-refractivity contribution in [3.05, 3.63) is 59.4 Å². The van der Waals surface area contributed by atoms with Crippen molar-refractivity contribution in [2.24, 2.45) is 0 Å². The maximum Gasteiger partial charge on any atom is 0.319 e. The Balaban J connectivity index is 1.46. The van der Waals surface area contributed by atoms with Gasteiger partial charge in [-0.3, -0.25) is 4.79 Å². The van der Waals surface area contributed by atoms with Gasteiger partial charge in [-0.15, -0.1) is 5.10 Å². The number of benzene rings is 2. The topological polar surface area (TPSA) is 114 Å². The summed E-state index contributed by atoms with van der Waals surface area (Å²) in [6, 6.07) is 11.7. The average molecular weight is 398 g/mol. The number of nitrogens with one attached hydrogen (secondary N) is 3. The third kappa shape index (κ3) is 4.26. The highest BCUT2D eigenvalue weighted by atomic mass is 35.5. The molecule has 1 heterocycles. The Morgan fingerprint density at radius 3 is 2.39 bits per heavy atom. The molecule has 1 saturated carbocycles. The molecular weight excluding hydrogens is 382 g/mol. The van der Waals surface area contributed by atoms with Crippen molar-refractivity contribution < 1.29 is 9.59 Å². The third-order valence-corrected chi connectivity index (χ3v) is 4.35. The Bertz CT molecular complexity index is 1000. The first-order chi connectivity index (χ1) is 13.6. The van der Waals surface area contributed by atoms with Crippen molar-refractivity contribution in [2.75, 3.05) is 10.6 Å². The fourth-order valence-corrected chi connectivity index (χ4v) is 2.75. The van der Waals surface area contributed by atoms with Gasteiger partial charge in [-0.1, -0.05) is 11.6 Å². The number of amides is 3. The van der Waals surface area contributed by atoms with Gasteiger partial charge in [-0.25, -0.2) is 4.79 Å². The summed E-state index contributed by atoms with van der Waals surface area (Å²) in [5, 5.41) is 19.8. The predicted octanol–water partition coefficient (Wildman–Crippen LogP) is 2.85. The van der Waals surface area contributed by atoms with Gasteiger partial charge in [0.05, 0.1) is 11.3 Å². The Hall–Kier alpha value is -3.46. The summed E-state index contributed by atoms with van der Waals surface area (Å²) in [5.41, 5.74) is 2.03. The van der Waals surface area contributed by atoms with Crippen LogP contribution in [-0.4, -0.2) is 38.2 Å². The molecule has 0 atom stereocenters. The van der Waals surface area contributed by atoms with E-state index in [0.29, 0.717) is 27.6 Å². The lowest BCUT2D eigenvalue weighted by molar-refractivity contribution is 0.102. The van der Waals surface area contributed by atoms with Gasteiger partial charge in [-0.2, -0.15) is 4.68 Å². The lowest BCUT2D eigenvalue weighted by Gasteiger charge is -2.11. The van der Waals surface area contributed by atoms with Crippen LogP contribution in [0, 0.1) is 0 Å². The van der Waals surface area contributed by atoms with Crippen molar-refractivity contribution in [3.63, 3.8) is 0 Å². The van der Waals surface area contributed by atoms with E-state index in [1.54, 1.807) is 42.5 Å². The number of tetrazole rings is 1. The van der Waals surface area contributed by atoms with Gasteiger partial charge in [0.1, 0.15) is 6.33 Å². The van der Waals surface area contributed by atoms with E-state index < -0.39 is 0 Å². The molecule has 3 aromatic rings. The van der Waals surface area contributed by atoms with Crippen LogP contribution in [-0.2, 0) is 0 Å². The van der Waals surface area contributed by atoms with Gasteiger partial charge in [0.25, 0.3) is 5.91 Å². The molecule has 0 unspecified atom stereocenters. The van der Waals surface area contributed by atoms with Gasteiger partial charge < -0.3 is 16.0 Å². The predicted molar refractivity (Wildman–Crippen MR) is 104 cm³/mol. The molecular formula is C18H16ClN7O2. The summed E-state index contributed by atoms with van der Waals surface area (Å²) in [4.78, 5) is 24.5. The zero-order chi connectivity index (χ0) is 19.5. The molecule has 1 aromatic heterocycles. The Kier molecular flexibility index (Phi) is 4.90. The molecule has 1 aliphatic carbocycles. The molecule has 4 rings (SSSR count). The van der Waals surface area contributed by atoms with Gasteiger partial charge in [0.2, 0.25) is 0 Å². The minimum absolute atomic E-state index is 0.232. The van der Waals surface area contributed by atoms with Crippen molar-refractivity contribution in [1.29, 1.82) is 0 Å². The molecule has 3 amide bonds. The molecule has 1 fully saturated rings. The minimum atomic E-state index is -0.361. The van der Waals surface area contributed by atoms with Crippen LogP contribution in [0.15, 0.2) is 48.8 Å². The first kappa shape index (κ1) is 17.9. The Morgan fingerprint density at radius 1 is 1.04 bits per heavy atom. The second-order valence-corrected chi connectivity index (χ2v) is 6.76. The smallest absolute Gasteiger partial charge is 0.319 e. The number of urea groups is 1. The maximum absolute atomic E-state index is 12.7. The maximum atomic E-state index is 12.7. The van der Waals surface area contributed by atoms with Crippen molar-refractivity contribution >= 4 is 34.9 Å². The van der Waals surface area contributed by atoms with Crippen LogP contribution < -0.4 is 16.0 Å². The van der Waals surface area contributed by atoms with Crippen LogP contribution in [0.5, 0.6) is 0 Å². The van der Waals surface area contributed by atoms with Crippen LogP contribution in [0.1, 0.15) is 23.2 Å². The third-order valence-electron chi connectivity index (χ3n) is 4.11. The van der Waals surface area contributed by atoms with Gasteiger partial charge >= 0.3 is 6.03 Å². The van der Waals surface area contributed by atoms with Crippen LogP contribution >= 0.6 is 11.6 Å². The number of anilines is 2. The normalized spacial score (nSPS) is 13.0. The molecule has 0 spiro atoms. The standard InChI is InChI=1S/C18H16ClN7O2/c19-11-1-8-16(26-10-20-24-25-26)15(9-11)17(27)21-12-2-4-13(5-3-12)22-18(28)23-14-6-7-14/h1-5,8-10,14H,6-7H2,(H,21,27)(H2,22,23,28).